The van der Waals surface area contributed by atoms with Gasteiger partial charge in [0.1, 0.15) is 5.75 Å². The lowest BCUT2D eigenvalue weighted by molar-refractivity contribution is 0.415. The Labute approximate surface area is 153 Å². The molecule has 0 atom stereocenters. The maximum absolute atomic E-state index is 12.4. The second kappa shape index (κ2) is 7.32. The number of methoxy groups -OCH3 is 1. The van der Waals surface area contributed by atoms with Crippen molar-refractivity contribution >= 4 is 25.8 Å². The van der Waals surface area contributed by atoms with Crippen molar-refractivity contribution in [3.05, 3.63) is 53.0 Å². The number of hydrogen-bond acceptors (Lipinski definition) is 6. The maximum atomic E-state index is 12.4. The first-order valence-electron chi connectivity index (χ1n) is 7.38. The molecule has 0 saturated heterocycles. The average molecular weight is 423 g/mol. The predicted molar refractivity (Wildman–Crippen MR) is 96.0 cm³/mol. The number of tetrazole rings is 1. The van der Waals surface area contributed by atoms with Gasteiger partial charge in [-0.3, -0.25) is 0 Å². The van der Waals surface area contributed by atoms with Gasteiger partial charge < -0.3 is 4.74 Å². The number of ether oxygens (including phenoxy) is 1. The second-order valence-corrected chi connectivity index (χ2v) is 8.24. The van der Waals surface area contributed by atoms with E-state index in [1.807, 2.05) is 18.2 Å². The Morgan fingerprint density at radius 1 is 1.16 bits per heavy atom. The highest BCUT2D eigenvalue weighted by Gasteiger charge is 2.16. The summed E-state index contributed by atoms with van der Waals surface area (Å²) >= 11 is 3.29. The SMILES string of the molecule is COc1cccc(-c2nnn(CCS(=O)(=O)c3ccc(Br)cc3)n2)c1. The van der Waals surface area contributed by atoms with Gasteiger partial charge in [-0.25, -0.2) is 8.42 Å². The molecule has 0 aliphatic carbocycles. The molecule has 0 bridgehead atoms. The molecule has 0 fully saturated rings. The minimum Gasteiger partial charge on any atom is -0.497 e. The molecule has 1 aromatic heterocycles. The number of hydrogen-bond donors (Lipinski definition) is 0. The molecule has 0 aliphatic heterocycles. The van der Waals surface area contributed by atoms with Gasteiger partial charge in [-0.05, 0) is 41.6 Å². The molecule has 0 aliphatic rings. The number of nitrogens with zero attached hydrogens (tertiary/aromatic N) is 4. The Bertz CT molecular complexity index is 971. The quantitative estimate of drug-likeness (QED) is 0.606. The Hall–Kier alpha value is -2.26. The third-order valence-corrected chi connectivity index (χ3v) is 5.75. The zero-order chi connectivity index (χ0) is 17.9. The summed E-state index contributed by atoms with van der Waals surface area (Å²) in [6, 6.07) is 13.8. The number of benzene rings is 2. The zero-order valence-corrected chi connectivity index (χ0v) is 15.7. The minimum atomic E-state index is -3.41. The molecule has 7 nitrogen and oxygen atoms in total. The Morgan fingerprint density at radius 2 is 1.92 bits per heavy atom. The van der Waals surface area contributed by atoms with Gasteiger partial charge >= 0.3 is 0 Å². The first-order valence-corrected chi connectivity index (χ1v) is 9.83. The lowest BCUT2D eigenvalue weighted by Crippen LogP contribution is -2.15. The normalized spacial score (nSPS) is 11.4. The van der Waals surface area contributed by atoms with E-state index in [1.165, 1.54) is 4.80 Å². The molecule has 130 valence electrons. The van der Waals surface area contributed by atoms with Crippen LogP contribution in [0.5, 0.6) is 5.75 Å². The fraction of sp³-hybridized carbons (Fsp3) is 0.188. The molecule has 2 aromatic carbocycles. The van der Waals surface area contributed by atoms with Crippen molar-refractivity contribution in [2.75, 3.05) is 12.9 Å². The van der Waals surface area contributed by atoms with Gasteiger partial charge in [0.25, 0.3) is 0 Å². The molecule has 3 rings (SSSR count). The average Bonchev–Trinajstić information content (AvgIpc) is 3.10. The molecule has 9 heteroatoms. The summed E-state index contributed by atoms with van der Waals surface area (Å²) in [4.78, 5) is 1.55. The lowest BCUT2D eigenvalue weighted by Gasteiger charge is -2.04. The van der Waals surface area contributed by atoms with Crippen LogP contribution in [-0.4, -0.2) is 41.5 Å². The van der Waals surface area contributed by atoms with E-state index in [1.54, 1.807) is 37.4 Å². The van der Waals surface area contributed by atoms with Crippen molar-refractivity contribution in [2.24, 2.45) is 0 Å². The summed E-state index contributed by atoms with van der Waals surface area (Å²) in [5.41, 5.74) is 0.751. The highest BCUT2D eigenvalue weighted by atomic mass is 79.9. The molecule has 0 saturated carbocycles. The van der Waals surface area contributed by atoms with E-state index >= 15 is 0 Å². The van der Waals surface area contributed by atoms with E-state index in [0.29, 0.717) is 11.6 Å². The van der Waals surface area contributed by atoms with Gasteiger partial charge in [0.15, 0.2) is 9.84 Å². The monoisotopic (exact) mass is 422 g/mol. The third-order valence-electron chi connectivity index (χ3n) is 3.51. The molecule has 25 heavy (non-hydrogen) atoms. The Morgan fingerprint density at radius 3 is 2.64 bits per heavy atom. The zero-order valence-electron chi connectivity index (χ0n) is 13.3. The molecule has 1 heterocycles. The van der Waals surface area contributed by atoms with Crippen LogP contribution in [0.15, 0.2) is 57.9 Å². The number of halogens is 1. The summed E-state index contributed by atoms with van der Waals surface area (Å²) < 4.78 is 30.7. The van der Waals surface area contributed by atoms with Gasteiger partial charge in [-0.15, -0.1) is 10.2 Å². The van der Waals surface area contributed by atoms with Gasteiger partial charge in [0.2, 0.25) is 5.82 Å². The van der Waals surface area contributed by atoms with Crippen molar-refractivity contribution < 1.29 is 13.2 Å². The molecule has 0 spiro atoms. The van der Waals surface area contributed by atoms with Crippen LogP contribution >= 0.6 is 15.9 Å². The van der Waals surface area contributed by atoms with Crippen LogP contribution in [-0.2, 0) is 16.4 Å². The van der Waals surface area contributed by atoms with Crippen molar-refractivity contribution in [1.29, 1.82) is 0 Å². The fourth-order valence-electron chi connectivity index (χ4n) is 2.18. The van der Waals surface area contributed by atoms with Crippen molar-refractivity contribution in [1.82, 2.24) is 20.2 Å². The van der Waals surface area contributed by atoms with E-state index in [9.17, 15) is 8.42 Å². The van der Waals surface area contributed by atoms with E-state index < -0.39 is 9.84 Å². The van der Waals surface area contributed by atoms with Crippen LogP contribution in [0.1, 0.15) is 0 Å². The topological polar surface area (TPSA) is 87.0 Å². The van der Waals surface area contributed by atoms with Crippen LogP contribution in [0.2, 0.25) is 0 Å². The maximum Gasteiger partial charge on any atom is 0.205 e. The molecule has 0 radical (unpaired) electrons. The molecular weight excluding hydrogens is 408 g/mol. The lowest BCUT2D eigenvalue weighted by atomic mass is 10.2. The number of sulfone groups is 1. The van der Waals surface area contributed by atoms with Crippen LogP contribution in [0.25, 0.3) is 11.4 Å². The minimum absolute atomic E-state index is 0.109. The highest BCUT2D eigenvalue weighted by Crippen LogP contribution is 2.20. The smallest absolute Gasteiger partial charge is 0.205 e. The number of aromatic nitrogens is 4. The van der Waals surface area contributed by atoms with Gasteiger partial charge in [0, 0.05) is 10.0 Å². The van der Waals surface area contributed by atoms with Crippen LogP contribution < -0.4 is 4.74 Å². The first-order chi connectivity index (χ1) is 12.0. The largest absolute Gasteiger partial charge is 0.497 e. The second-order valence-electron chi connectivity index (χ2n) is 5.21. The summed E-state index contributed by atoms with van der Waals surface area (Å²) in [6.45, 7) is 0.120. The van der Waals surface area contributed by atoms with Crippen LogP contribution in [0, 0.1) is 0 Å². The standard InChI is InChI=1S/C16H15BrN4O3S/c1-24-14-4-2-3-12(11-14)16-18-20-21(19-16)9-10-25(22,23)15-7-5-13(17)6-8-15/h2-8,11H,9-10H2,1H3. The summed E-state index contributed by atoms with van der Waals surface area (Å²) in [7, 11) is -1.83. The van der Waals surface area contributed by atoms with Crippen LogP contribution in [0.4, 0.5) is 0 Å². The van der Waals surface area contributed by atoms with E-state index in [4.69, 9.17) is 4.74 Å². The van der Waals surface area contributed by atoms with Crippen LogP contribution in [0.3, 0.4) is 0 Å². The Kier molecular flexibility index (Phi) is 5.14. The number of aryl methyl sites for hydroxylation is 1. The summed E-state index contributed by atoms with van der Waals surface area (Å²) in [5, 5.41) is 12.1. The molecule has 3 aromatic rings. The van der Waals surface area contributed by atoms with E-state index in [-0.39, 0.29) is 17.2 Å². The van der Waals surface area contributed by atoms with Crippen molar-refractivity contribution in [3.63, 3.8) is 0 Å². The third kappa shape index (κ3) is 4.23. The predicted octanol–water partition coefficient (Wildman–Crippen LogP) is 2.59. The summed E-state index contributed by atoms with van der Waals surface area (Å²) in [5.74, 6) is 0.995. The Balaban J connectivity index is 1.72. The molecule has 0 amide bonds. The van der Waals surface area contributed by atoms with E-state index in [0.717, 1.165) is 10.0 Å². The van der Waals surface area contributed by atoms with Crippen molar-refractivity contribution in [2.45, 2.75) is 11.4 Å². The van der Waals surface area contributed by atoms with Gasteiger partial charge in [-0.1, -0.05) is 28.1 Å². The molecule has 0 N–H and O–H groups in total. The molecule has 0 unspecified atom stereocenters. The fourth-order valence-corrected chi connectivity index (χ4v) is 3.63. The summed E-state index contributed by atoms with van der Waals surface area (Å²) in [6.07, 6.45) is 0. The number of rotatable bonds is 6. The highest BCUT2D eigenvalue weighted by molar-refractivity contribution is 9.10. The van der Waals surface area contributed by atoms with Gasteiger partial charge in [0.05, 0.1) is 24.3 Å². The van der Waals surface area contributed by atoms with Gasteiger partial charge in [-0.2, -0.15) is 4.80 Å². The van der Waals surface area contributed by atoms with Crippen molar-refractivity contribution in [3.8, 4) is 17.1 Å². The molecular formula is C16H15BrN4O3S. The van der Waals surface area contributed by atoms with E-state index in [2.05, 4.69) is 31.3 Å². The first kappa shape index (κ1) is 17.6.